The molecule has 0 aliphatic rings. The van der Waals surface area contributed by atoms with Gasteiger partial charge in [-0.05, 0) is 0 Å². The van der Waals surface area contributed by atoms with Gasteiger partial charge in [0.05, 0.1) is 0 Å². The zero-order valence-corrected chi connectivity index (χ0v) is 2.78. The van der Waals surface area contributed by atoms with Crippen molar-refractivity contribution >= 4 is 0 Å². The van der Waals surface area contributed by atoms with Gasteiger partial charge >= 0.3 is 26.0 Å². The Kier molecular flexibility index (Phi) is 1.43. The first-order valence-electron chi connectivity index (χ1n) is 0.463. The summed E-state index contributed by atoms with van der Waals surface area (Å²) in [6.45, 7) is 0. The summed E-state index contributed by atoms with van der Waals surface area (Å²) in [5.74, 6) is 0. The van der Waals surface area contributed by atoms with E-state index < -0.39 is 14.1 Å². The van der Waals surface area contributed by atoms with E-state index in [1.165, 1.54) is 0 Å². The van der Waals surface area contributed by atoms with Gasteiger partial charge in [0, 0.05) is 0 Å². The molecule has 0 unspecified atom stereocenters. The third-order valence-corrected chi connectivity index (χ3v) is 0. The molecule has 3 nitrogen and oxygen atoms in total. The SMILES string of the molecule is [O]=[Mn](=[O])[O-]. The molecule has 0 aromatic rings. The first-order valence-corrected chi connectivity index (χ1v) is 1.91. The van der Waals surface area contributed by atoms with Gasteiger partial charge in [-0.15, -0.1) is 0 Å². The maximum atomic E-state index is 8.52. The molecular formula is MnO3-. The summed E-state index contributed by atoms with van der Waals surface area (Å²) in [6.07, 6.45) is 0. The maximum absolute atomic E-state index is 8.52. The van der Waals surface area contributed by atoms with E-state index in [2.05, 4.69) is 0 Å². The number of hydrogen-bond donors (Lipinski definition) is 0. The van der Waals surface area contributed by atoms with Crippen LogP contribution in [-0.2, 0) is 21.8 Å². The molecule has 0 saturated heterocycles. The predicted octanol–water partition coefficient (Wildman–Crippen LogP) is -1.43. The Hall–Kier alpha value is 0.0795. The first-order chi connectivity index (χ1) is 1.73. The van der Waals surface area contributed by atoms with Crippen molar-refractivity contribution in [1.29, 1.82) is 0 Å². The fourth-order valence-corrected chi connectivity index (χ4v) is 0. The van der Waals surface area contributed by atoms with Crippen LogP contribution in [0, 0.1) is 0 Å². The molecule has 0 aliphatic carbocycles. The van der Waals surface area contributed by atoms with Gasteiger partial charge in [-0.1, -0.05) is 0 Å². The van der Waals surface area contributed by atoms with E-state index in [1.54, 1.807) is 0 Å². The van der Waals surface area contributed by atoms with E-state index in [0.717, 1.165) is 0 Å². The van der Waals surface area contributed by atoms with Gasteiger partial charge in [-0.3, -0.25) is 0 Å². The molecule has 0 heterocycles. The Morgan fingerprint density at radius 1 is 1.50 bits per heavy atom. The van der Waals surface area contributed by atoms with Gasteiger partial charge < -0.3 is 0 Å². The second kappa shape index (κ2) is 1.40. The number of hydrogen-bond acceptors (Lipinski definition) is 3. The normalized spacial score (nSPS) is 8.50. The van der Waals surface area contributed by atoms with Gasteiger partial charge in [-0.2, -0.15) is 0 Å². The van der Waals surface area contributed by atoms with Crippen molar-refractivity contribution in [2.75, 3.05) is 0 Å². The fourth-order valence-electron chi connectivity index (χ4n) is 0. The quantitative estimate of drug-likeness (QED) is 0.353. The van der Waals surface area contributed by atoms with Crippen LogP contribution in [0.2, 0.25) is 0 Å². The number of rotatable bonds is 0. The van der Waals surface area contributed by atoms with Crippen molar-refractivity contribution in [3.05, 3.63) is 0 Å². The van der Waals surface area contributed by atoms with Gasteiger partial charge in [-0.25, -0.2) is 0 Å². The van der Waals surface area contributed by atoms with Crippen molar-refractivity contribution < 1.29 is 26.0 Å². The standard InChI is InChI=1S/Mn.3O/q;;;-1. The van der Waals surface area contributed by atoms with Crippen LogP contribution in [0.3, 0.4) is 0 Å². The van der Waals surface area contributed by atoms with Crippen LogP contribution < -0.4 is 4.19 Å². The molecule has 0 aromatic carbocycles. The average Bonchev–Trinajstić information content (AvgIpc) is 0.811. The second-order valence-electron chi connectivity index (χ2n) is 0.189. The molecule has 0 bridgehead atoms. The molecule has 0 atom stereocenters. The summed E-state index contributed by atoms with van der Waals surface area (Å²) >= 11 is -3.65. The summed E-state index contributed by atoms with van der Waals surface area (Å²) in [5, 5.41) is 0. The molecule has 0 saturated carbocycles. The van der Waals surface area contributed by atoms with E-state index in [1.807, 2.05) is 0 Å². The molecule has 0 N–H and O–H groups in total. The molecule has 0 rings (SSSR count). The Labute approximate surface area is 26.9 Å². The van der Waals surface area contributed by atoms with E-state index in [0.29, 0.717) is 0 Å². The predicted molar refractivity (Wildman–Crippen MR) is 1.37 cm³/mol. The van der Waals surface area contributed by atoms with Crippen molar-refractivity contribution in [2.24, 2.45) is 0 Å². The summed E-state index contributed by atoms with van der Waals surface area (Å²) in [4.78, 5) is 0. The van der Waals surface area contributed by atoms with Crippen molar-refractivity contribution in [2.45, 2.75) is 0 Å². The minimum atomic E-state index is -3.65. The van der Waals surface area contributed by atoms with Crippen LogP contribution in [0.15, 0.2) is 0 Å². The Morgan fingerprint density at radius 2 is 1.50 bits per heavy atom. The van der Waals surface area contributed by atoms with Crippen LogP contribution in [0.25, 0.3) is 0 Å². The van der Waals surface area contributed by atoms with Crippen LogP contribution in [0.5, 0.6) is 0 Å². The molecule has 0 fully saturated rings. The van der Waals surface area contributed by atoms with Crippen LogP contribution >= 0.6 is 0 Å². The fraction of sp³-hybridized carbons (Fsp3) is 0. The molecule has 4 heteroatoms. The van der Waals surface area contributed by atoms with E-state index >= 15 is 0 Å². The summed E-state index contributed by atoms with van der Waals surface area (Å²) in [5.41, 5.74) is 0. The van der Waals surface area contributed by atoms with Crippen molar-refractivity contribution in [1.82, 2.24) is 0 Å². The van der Waals surface area contributed by atoms with Crippen molar-refractivity contribution in [3.63, 3.8) is 0 Å². The minimum absolute atomic E-state index is 3.65. The molecule has 0 aromatic heterocycles. The van der Waals surface area contributed by atoms with Crippen LogP contribution in [0.4, 0.5) is 0 Å². The van der Waals surface area contributed by atoms with E-state index in [4.69, 9.17) is 11.9 Å². The Morgan fingerprint density at radius 3 is 1.50 bits per heavy atom. The summed E-state index contributed by atoms with van der Waals surface area (Å²) in [7, 11) is 0. The average molecular weight is 103 g/mol. The molecule has 0 aliphatic heterocycles. The molecule has 0 amide bonds. The monoisotopic (exact) mass is 103 g/mol. The van der Waals surface area contributed by atoms with Crippen LogP contribution in [0.1, 0.15) is 0 Å². The molecule has 26 valence electrons. The molecule has 0 radical (unpaired) electrons. The Bertz CT molecular complexity index is 51.7. The second-order valence-corrected chi connectivity index (χ2v) is 0.779. The zero-order valence-electron chi connectivity index (χ0n) is 1.60. The summed E-state index contributed by atoms with van der Waals surface area (Å²) < 4.78 is 25.6. The van der Waals surface area contributed by atoms with Crippen molar-refractivity contribution in [3.8, 4) is 0 Å². The topological polar surface area (TPSA) is 57.2 Å². The molecule has 0 spiro atoms. The van der Waals surface area contributed by atoms with Gasteiger partial charge in [0.1, 0.15) is 0 Å². The first kappa shape index (κ1) is 4.08. The third kappa shape index (κ3) is 384. The van der Waals surface area contributed by atoms with Gasteiger partial charge in [0.25, 0.3) is 0 Å². The zero-order chi connectivity index (χ0) is 3.58. The molecule has 4 heavy (non-hydrogen) atoms. The van der Waals surface area contributed by atoms with E-state index in [-0.39, 0.29) is 0 Å². The van der Waals surface area contributed by atoms with Gasteiger partial charge in [0.15, 0.2) is 0 Å². The molecular weight excluding hydrogens is 103 g/mol. The Balaban J connectivity index is 3.51. The third-order valence-electron chi connectivity index (χ3n) is 0. The van der Waals surface area contributed by atoms with E-state index in [9.17, 15) is 0 Å². The van der Waals surface area contributed by atoms with Gasteiger partial charge in [0.2, 0.25) is 0 Å². The van der Waals surface area contributed by atoms with Crippen LogP contribution in [-0.4, -0.2) is 0 Å². The summed E-state index contributed by atoms with van der Waals surface area (Å²) in [6, 6.07) is 0.